The summed E-state index contributed by atoms with van der Waals surface area (Å²) < 4.78 is 21.7. The van der Waals surface area contributed by atoms with Gasteiger partial charge in [0.15, 0.2) is 0 Å². The van der Waals surface area contributed by atoms with Crippen molar-refractivity contribution in [3.05, 3.63) is 29.3 Å². The Morgan fingerprint density at radius 2 is 1.39 bits per heavy atom. The summed E-state index contributed by atoms with van der Waals surface area (Å²) >= 11 is 10.6. The summed E-state index contributed by atoms with van der Waals surface area (Å²) in [7, 11) is -1.22. The van der Waals surface area contributed by atoms with Gasteiger partial charge in [0, 0.05) is 25.3 Å². The van der Waals surface area contributed by atoms with Gasteiger partial charge < -0.3 is 9.05 Å². The second kappa shape index (κ2) is 5.95. The van der Waals surface area contributed by atoms with Gasteiger partial charge in [0.2, 0.25) is 0 Å². The predicted molar refractivity (Wildman–Crippen MR) is 68.1 cm³/mol. The van der Waals surface area contributed by atoms with E-state index in [1.807, 2.05) is 0 Å². The Morgan fingerprint density at radius 1 is 1.00 bits per heavy atom. The van der Waals surface area contributed by atoms with Crippen LogP contribution in [0.1, 0.15) is 20.7 Å². The molecule has 0 heterocycles. The lowest BCUT2D eigenvalue weighted by Crippen LogP contribution is -2.12. The summed E-state index contributed by atoms with van der Waals surface area (Å²) in [4.78, 5) is 22.2. The third-order valence-electron chi connectivity index (χ3n) is 2.17. The van der Waals surface area contributed by atoms with Crippen LogP contribution in [0.15, 0.2) is 18.2 Å². The van der Waals surface area contributed by atoms with Crippen molar-refractivity contribution in [1.82, 2.24) is 0 Å². The molecule has 0 atom stereocenters. The summed E-state index contributed by atoms with van der Waals surface area (Å²) in [6.07, 6.45) is 0. The summed E-state index contributed by atoms with van der Waals surface area (Å²) in [5.41, 5.74) is -0.0417. The number of benzene rings is 1. The van der Waals surface area contributed by atoms with E-state index in [4.69, 9.17) is 32.2 Å². The first-order chi connectivity index (χ1) is 8.34. The molecule has 0 aromatic heterocycles. The molecule has 0 N–H and O–H groups in total. The minimum Gasteiger partial charge on any atom is -0.309 e. The van der Waals surface area contributed by atoms with E-state index in [-0.39, 0.29) is 16.4 Å². The molecular weight excluding hydrogens is 302 g/mol. The van der Waals surface area contributed by atoms with E-state index in [1.54, 1.807) is 0 Å². The molecule has 0 amide bonds. The molecule has 1 rings (SSSR count). The Bertz CT molecular complexity index is 503. The van der Waals surface area contributed by atoms with Crippen molar-refractivity contribution in [1.29, 1.82) is 0 Å². The van der Waals surface area contributed by atoms with Gasteiger partial charge in [-0.1, -0.05) is 0 Å². The number of hydrogen-bond donors (Lipinski definition) is 0. The van der Waals surface area contributed by atoms with Crippen LogP contribution < -0.4 is 5.30 Å². The van der Waals surface area contributed by atoms with E-state index in [2.05, 4.69) is 0 Å². The Balaban J connectivity index is 3.49. The summed E-state index contributed by atoms with van der Waals surface area (Å²) in [6, 6.07) is 3.66. The molecule has 0 aliphatic carbocycles. The fourth-order valence-electron chi connectivity index (χ4n) is 1.28. The normalized spacial score (nSPS) is 11.3. The second-order valence-corrected chi connectivity index (χ2v) is 6.11. The molecular formula is C10H9Cl2O5P. The van der Waals surface area contributed by atoms with Crippen LogP contribution in [0, 0.1) is 0 Å². The lowest BCUT2D eigenvalue weighted by atomic mass is 10.1. The van der Waals surface area contributed by atoms with E-state index < -0.39 is 18.1 Å². The Morgan fingerprint density at radius 3 is 1.67 bits per heavy atom. The first-order valence-corrected chi connectivity index (χ1v) is 6.90. The van der Waals surface area contributed by atoms with Crippen molar-refractivity contribution in [2.75, 3.05) is 14.2 Å². The minimum atomic E-state index is -3.59. The van der Waals surface area contributed by atoms with Crippen molar-refractivity contribution < 1.29 is 23.2 Å². The summed E-state index contributed by atoms with van der Waals surface area (Å²) in [5, 5.41) is -1.59. The van der Waals surface area contributed by atoms with Gasteiger partial charge in [-0.15, -0.1) is 0 Å². The highest BCUT2D eigenvalue weighted by atomic mass is 35.5. The number of carbonyl (C=O) groups excluding carboxylic acids is 2. The van der Waals surface area contributed by atoms with Gasteiger partial charge in [-0.3, -0.25) is 14.2 Å². The van der Waals surface area contributed by atoms with E-state index in [1.165, 1.54) is 32.4 Å². The second-order valence-electron chi connectivity index (χ2n) is 3.18. The summed E-state index contributed by atoms with van der Waals surface area (Å²) in [6.45, 7) is 0. The molecule has 0 radical (unpaired) electrons. The van der Waals surface area contributed by atoms with Crippen molar-refractivity contribution in [3.63, 3.8) is 0 Å². The number of halogens is 2. The first kappa shape index (κ1) is 15.3. The molecule has 18 heavy (non-hydrogen) atoms. The number of hydrogen-bond acceptors (Lipinski definition) is 5. The van der Waals surface area contributed by atoms with Crippen LogP contribution in [-0.2, 0) is 13.6 Å². The smallest absolute Gasteiger partial charge is 0.309 e. The third-order valence-corrected chi connectivity index (χ3v) is 4.46. The molecule has 0 unspecified atom stereocenters. The minimum absolute atomic E-state index is 0.0208. The van der Waals surface area contributed by atoms with E-state index >= 15 is 0 Å². The standard InChI is InChI=1S/C10H9Cl2O5P/c1-16-18(15,17-2)8-4-6(9(11)13)3-7(5-8)10(12)14/h3-5H,1-2H3. The lowest BCUT2D eigenvalue weighted by molar-refractivity contribution is 0.108. The van der Waals surface area contributed by atoms with Crippen LogP contribution in [-0.4, -0.2) is 24.7 Å². The molecule has 0 aliphatic heterocycles. The fraction of sp³-hybridized carbons (Fsp3) is 0.200. The third kappa shape index (κ3) is 3.19. The largest absolute Gasteiger partial charge is 0.360 e. The molecule has 0 spiro atoms. The zero-order valence-electron chi connectivity index (χ0n) is 9.48. The van der Waals surface area contributed by atoms with Gasteiger partial charge in [0.1, 0.15) is 0 Å². The van der Waals surface area contributed by atoms with Crippen molar-refractivity contribution in [2.45, 2.75) is 0 Å². The van der Waals surface area contributed by atoms with Gasteiger partial charge in [-0.2, -0.15) is 0 Å². The zero-order valence-corrected chi connectivity index (χ0v) is 11.9. The van der Waals surface area contributed by atoms with Crippen LogP contribution in [0.3, 0.4) is 0 Å². The highest BCUT2D eigenvalue weighted by molar-refractivity contribution is 7.62. The van der Waals surface area contributed by atoms with Gasteiger partial charge in [0.05, 0.1) is 5.30 Å². The van der Waals surface area contributed by atoms with E-state index in [0.29, 0.717) is 0 Å². The molecule has 0 saturated heterocycles. The van der Waals surface area contributed by atoms with E-state index in [0.717, 1.165) is 0 Å². The van der Waals surface area contributed by atoms with Crippen LogP contribution in [0.4, 0.5) is 0 Å². The lowest BCUT2D eigenvalue weighted by Gasteiger charge is -2.14. The van der Waals surface area contributed by atoms with Crippen LogP contribution >= 0.6 is 30.8 Å². The van der Waals surface area contributed by atoms with Crippen LogP contribution in [0.25, 0.3) is 0 Å². The molecule has 0 aliphatic rings. The van der Waals surface area contributed by atoms with Crippen molar-refractivity contribution in [3.8, 4) is 0 Å². The average molecular weight is 311 g/mol. The highest BCUT2D eigenvalue weighted by Gasteiger charge is 2.26. The predicted octanol–water partition coefficient (Wildman–Crippen LogP) is 2.56. The molecule has 1 aromatic carbocycles. The topological polar surface area (TPSA) is 69.7 Å². The maximum atomic E-state index is 12.1. The molecule has 0 fully saturated rings. The number of carbonyl (C=O) groups is 2. The van der Waals surface area contributed by atoms with E-state index in [9.17, 15) is 14.2 Å². The molecule has 98 valence electrons. The van der Waals surface area contributed by atoms with Crippen molar-refractivity contribution in [2.24, 2.45) is 0 Å². The highest BCUT2D eigenvalue weighted by Crippen LogP contribution is 2.45. The Hall–Kier alpha value is -0.710. The number of rotatable bonds is 5. The Kier molecular flexibility index (Phi) is 5.08. The Labute approximate surface area is 114 Å². The summed E-state index contributed by atoms with van der Waals surface area (Å²) in [5.74, 6) is 0. The molecule has 1 aromatic rings. The average Bonchev–Trinajstić information content (AvgIpc) is 2.37. The van der Waals surface area contributed by atoms with Gasteiger partial charge in [0.25, 0.3) is 10.5 Å². The van der Waals surface area contributed by atoms with Crippen molar-refractivity contribution >= 4 is 46.6 Å². The molecule has 0 bridgehead atoms. The van der Waals surface area contributed by atoms with Crippen LogP contribution in [0.2, 0.25) is 0 Å². The zero-order chi connectivity index (χ0) is 13.9. The van der Waals surface area contributed by atoms with Gasteiger partial charge >= 0.3 is 7.60 Å². The quantitative estimate of drug-likeness (QED) is 0.617. The SMILES string of the molecule is COP(=O)(OC)c1cc(C(=O)Cl)cc(C(=O)Cl)c1. The fourth-order valence-corrected chi connectivity index (χ4v) is 2.66. The van der Waals surface area contributed by atoms with Crippen LogP contribution in [0.5, 0.6) is 0 Å². The molecule has 8 heteroatoms. The maximum absolute atomic E-state index is 12.1. The van der Waals surface area contributed by atoms with Gasteiger partial charge in [-0.05, 0) is 41.4 Å². The maximum Gasteiger partial charge on any atom is 0.360 e. The monoisotopic (exact) mass is 310 g/mol. The molecule has 5 nitrogen and oxygen atoms in total. The van der Waals surface area contributed by atoms with Gasteiger partial charge in [-0.25, -0.2) is 0 Å². The molecule has 0 saturated carbocycles. The first-order valence-electron chi connectivity index (χ1n) is 4.61.